The van der Waals surface area contributed by atoms with E-state index in [9.17, 15) is 4.79 Å². The van der Waals surface area contributed by atoms with Crippen molar-refractivity contribution in [3.63, 3.8) is 0 Å². The quantitative estimate of drug-likeness (QED) is 0.826. The Morgan fingerprint density at radius 3 is 2.94 bits per heavy atom. The Balaban J connectivity index is 2.73. The van der Waals surface area contributed by atoms with Crippen molar-refractivity contribution in [3.05, 3.63) is 21.6 Å². The summed E-state index contributed by atoms with van der Waals surface area (Å²) in [7, 11) is 1.66. The van der Waals surface area contributed by atoms with Crippen LogP contribution >= 0.6 is 11.6 Å². The van der Waals surface area contributed by atoms with Crippen LogP contribution in [0.2, 0.25) is 5.02 Å². The minimum Gasteiger partial charge on any atom is -0.384 e. The van der Waals surface area contributed by atoms with E-state index in [1.807, 2.05) is 6.92 Å². The molecule has 1 heterocycles. The lowest BCUT2D eigenvalue weighted by Gasteiger charge is -2.13. The molecule has 1 atom stereocenters. The van der Waals surface area contributed by atoms with Crippen LogP contribution in [0.15, 0.2) is 11.0 Å². The molecule has 0 aliphatic rings. The molecule has 1 rings (SSSR count). The summed E-state index contributed by atoms with van der Waals surface area (Å²) < 4.78 is 6.42. The topological polar surface area (TPSA) is 56.1 Å². The van der Waals surface area contributed by atoms with Crippen LogP contribution in [0.5, 0.6) is 0 Å². The predicted octanol–water partition coefficient (Wildman–Crippen LogP) is 2.00. The molecule has 0 bridgehead atoms. The molecule has 0 spiro atoms. The largest absolute Gasteiger partial charge is 0.384 e. The van der Waals surface area contributed by atoms with Gasteiger partial charge in [-0.05, 0) is 12.3 Å². The molecule has 5 nitrogen and oxygen atoms in total. The van der Waals surface area contributed by atoms with Crippen molar-refractivity contribution in [3.8, 4) is 0 Å². The van der Waals surface area contributed by atoms with E-state index in [0.717, 1.165) is 6.42 Å². The highest BCUT2D eigenvalue weighted by Crippen LogP contribution is 2.15. The normalized spacial score (nSPS) is 12.4. The standard InChI is InChI=1S/C12H20ClN3O2/c1-4-5-16-12(17)11(13)10(7-15-16)14-6-9(2)8-18-3/h7,9,14H,4-6,8H2,1-3H3. The molecule has 1 N–H and O–H groups in total. The van der Waals surface area contributed by atoms with Crippen LogP contribution in [0.3, 0.4) is 0 Å². The van der Waals surface area contributed by atoms with Crippen molar-refractivity contribution in [2.45, 2.75) is 26.8 Å². The average molecular weight is 274 g/mol. The van der Waals surface area contributed by atoms with E-state index >= 15 is 0 Å². The first kappa shape index (κ1) is 15.0. The van der Waals surface area contributed by atoms with Crippen molar-refractivity contribution < 1.29 is 4.74 Å². The molecule has 0 saturated heterocycles. The second kappa shape index (κ2) is 7.38. The van der Waals surface area contributed by atoms with Gasteiger partial charge in [-0.3, -0.25) is 4.79 Å². The fourth-order valence-corrected chi connectivity index (χ4v) is 1.80. The van der Waals surface area contributed by atoms with Crippen LogP contribution in [0.4, 0.5) is 5.69 Å². The number of nitrogens with zero attached hydrogens (tertiary/aromatic N) is 2. The third-order valence-corrected chi connectivity index (χ3v) is 2.88. The van der Waals surface area contributed by atoms with E-state index in [-0.39, 0.29) is 10.6 Å². The number of ether oxygens (including phenoxy) is 1. The van der Waals surface area contributed by atoms with E-state index in [1.54, 1.807) is 13.3 Å². The summed E-state index contributed by atoms with van der Waals surface area (Å²) in [4.78, 5) is 11.9. The molecule has 0 aliphatic carbocycles. The summed E-state index contributed by atoms with van der Waals surface area (Å²) >= 11 is 6.03. The highest BCUT2D eigenvalue weighted by Gasteiger charge is 2.09. The molecule has 102 valence electrons. The van der Waals surface area contributed by atoms with E-state index < -0.39 is 0 Å². The van der Waals surface area contributed by atoms with Gasteiger partial charge >= 0.3 is 0 Å². The maximum absolute atomic E-state index is 11.9. The Kier molecular flexibility index (Phi) is 6.15. The van der Waals surface area contributed by atoms with Crippen molar-refractivity contribution in [1.29, 1.82) is 0 Å². The molecule has 0 radical (unpaired) electrons. The van der Waals surface area contributed by atoms with Crippen LogP contribution in [-0.2, 0) is 11.3 Å². The molecule has 0 aromatic carbocycles. The van der Waals surface area contributed by atoms with Crippen LogP contribution in [0.25, 0.3) is 0 Å². The number of hydrogen-bond acceptors (Lipinski definition) is 4. The zero-order valence-electron chi connectivity index (χ0n) is 11.1. The first-order valence-corrected chi connectivity index (χ1v) is 6.46. The van der Waals surface area contributed by atoms with Crippen LogP contribution in [0, 0.1) is 5.92 Å². The first-order chi connectivity index (χ1) is 8.60. The Bertz CT molecular complexity index is 434. The van der Waals surface area contributed by atoms with Gasteiger partial charge in [0.1, 0.15) is 5.02 Å². The Morgan fingerprint density at radius 2 is 2.33 bits per heavy atom. The van der Waals surface area contributed by atoms with Crippen LogP contribution in [-0.4, -0.2) is 30.0 Å². The van der Waals surface area contributed by atoms with Crippen LogP contribution < -0.4 is 10.9 Å². The Labute approximate surface area is 112 Å². The first-order valence-electron chi connectivity index (χ1n) is 6.08. The molecule has 0 amide bonds. The number of anilines is 1. The highest BCUT2D eigenvalue weighted by molar-refractivity contribution is 6.32. The summed E-state index contributed by atoms with van der Waals surface area (Å²) in [5.74, 6) is 0.337. The Hall–Kier alpha value is -1.07. The predicted molar refractivity (Wildman–Crippen MR) is 73.3 cm³/mol. The zero-order valence-corrected chi connectivity index (χ0v) is 11.8. The van der Waals surface area contributed by atoms with Gasteiger partial charge in [-0.25, -0.2) is 4.68 Å². The monoisotopic (exact) mass is 273 g/mol. The number of hydrogen-bond donors (Lipinski definition) is 1. The van der Waals surface area contributed by atoms with Gasteiger partial charge in [0.15, 0.2) is 0 Å². The van der Waals surface area contributed by atoms with Gasteiger partial charge in [0.05, 0.1) is 18.5 Å². The molecule has 0 saturated carbocycles. The number of aromatic nitrogens is 2. The van der Waals surface area contributed by atoms with Crippen molar-refractivity contribution in [2.75, 3.05) is 25.6 Å². The van der Waals surface area contributed by atoms with Gasteiger partial charge in [0.2, 0.25) is 0 Å². The van der Waals surface area contributed by atoms with Gasteiger partial charge < -0.3 is 10.1 Å². The van der Waals surface area contributed by atoms with Crippen molar-refractivity contribution in [2.24, 2.45) is 5.92 Å². The summed E-state index contributed by atoms with van der Waals surface area (Å²) in [6.45, 7) is 5.97. The second-order valence-electron chi connectivity index (χ2n) is 4.34. The minimum absolute atomic E-state index is 0.197. The molecule has 1 aromatic heterocycles. The molecule has 18 heavy (non-hydrogen) atoms. The smallest absolute Gasteiger partial charge is 0.287 e. The summed E-state index contributed by atoms with van der Waals surface area (Å²) in [6.07, 6.45) is 2.44. The number of rotatable bonds is 7. The summed E-state index contributed by atoms with van der Waals surface area (Å²) in [5, 5.41) is 7.40. The van der Waals surface area contributed by atoms with Gasteiger partial charge in [-0.1, -0.05) is 25.4 Å². The molecule has 1 aromatic rings. The highest BCUT2D eigenvalue weighted by atomic mass is 35.5. The molecule has 0 fully saturated rings. The molecular formula is C12H20ClN3O2. The van der Waals surface area contributed by atoms with E-state index in [1.165, 1.54) is 4.68 Å². The van der Waals surface area contributed by atoms with Gasteiger partial charge in [0.25, 0.3) is 5.56 Å². The zero-order chi connectivity index (χ0) is 13.5. The third-order valence-electron chi connectivity index (χ3n) is 2.51. The number of aryl methyl sites for hydroxylation is 1. The number of halogens is 1. The maximum atomic E-state index is 11.9. The van der Waals surface area contributed by atoms with Gasteiger partial charge in [-0.15, -0.1) is 0 Å². The average Bonchev–Trinajstić information content (AvgIpc) is 2.35. The lowest BCUT2D eigenvalue weighted by molar-refractivity contribution is 0.164. The summed E-state index contributed by atoms with van der Waals surface area (Å²) in [5.41, 5.74) is 0.333. The lowest BCUT2D eigenvalue weighted by Crippen LogP contribution is -2.25. The van der Waals surface area contributed by atoms with Gasteiger partial charge in [-0.2, -0.15) is 5.10 Å². The second-order valence-corrected chi connectivity index (χ2v) is 4.72. The number of nitrogens with one attached hydrogen (secondary N) is 1. The minimum atomic E-state index is -0.247. The maximum Gasteiger partial charge on any atom is 0.287 e. The van der Waals surface area contributed by atoms with Crippen molar-refractivity contribution in [1.82, 2.24) is 9.78 Å². The third kappa shape index (κ3) is 3.99. The fourth-order valence-electron chi connectivity index (χ4n) is 1.59. The molecule has 6 heteroatoms. The van der Waals surface area contributed by atoms with E-state index in [2.05, 4.69) is 17.3 Å². The van der Waals surface area contributed by atoms with E-state index in [4.69, 9.17) is 16.3 Å². The van der Waals surface area contributed by atoms with E-state index in [0.29, 0.717) is 31.3 Å². The van der Waals surface area contributed by atoms with Gasteiger partial charge in [0, 0.05) is 20.2 Å². The summed E-state index contributed by atoms with van der Waals surface area (Å²) in [6, 6.07) is 0. The fraction of sp³-hybridized carbons (Fsp3) is 0.667. The number of methoxy groups -OCH3 is 1. The van der Waals surface area contributed by atoms with Crippen LogP contribution in [0.1, 0.15) is 20.3 Å². The molecular weight excluding hydrogens is 254 g/mol. The van der Waals surface area contributed by atoms with Crippen molar-refractivity contribution >= 4 is 17.3 Å². The molecule has 1 unspecified atom stereocenters. The molecule has 0 aliphatic heterocycles. The lowest BCUT2D eigenvalue weighted by atomic mass is 10.2. The SMILES string of the molecule is CCCn1ncc(NCC(C)COC)c(Cl)c1=O. The Morgan fingerprint density at radius 1 is 1.61 bits per heavy atom.